The van der Waals surface area contributed by atoms with Crippen molar-refractivity contribution in [1.82, 2.24) is 0 Å². The maximum atomic E-state index is 11.6. The minimum Gasteiger partial charge on any atom is -0.380 e. The Kier molecular flexibility index (Phi) is 11.6. The number of nitrogens with one attached hydrogen (secondary N) is 2. The lowest BCUT2D eigenvalue weighted by Gasteiger charge is -2.16. The van der Waals surface area contributed by atoms with Crippen LogP contribution in [0.1, 0.15) is 34.1 Å². The van der Waals surface area contributed by atoms with Crippen LogP contribution in [0.4, 0.5) is 11.4 Å². The van der Waals surface area contributed by atoms with Crippen molar-refractivity contribution in [2.24, 2.45) is 11.8 Å². The molecule has 0 spiro atoms. The van der Waals surface area contributed by atoms with Crippen molar-refractivity contribution in [3.05, 3.63) is 20.4 Å². The summed E-state index contributed by atoms with van der Waals surface area (Å²) >= 11 is 0. The van der Waals surface area contributed by atoms with Gasteiger partial charge in [0.05, 0.1) is 39.6 Å². The third-order valence-corrected chi connectivity index (χ3v) is 4.03. The molecule has 0 radical (unpaired) electrons. The van der Waals surface area contributed by atoms with Gasteiger partial charge >= 0.3 is 0 Å². The molecule has 160 valence electrons. The molecule has 0 atom stereocenters. The summed E-state index contributed by atoms with van der Waals surface area (Å²) < 4.78 is 16.1. The monoisotopic (exact) mass is 398 g/mol. The van der Waals surface area contributed by atoms with Crippen LogP contribution in [0.5, 0.6) is 0 Å². The number of ether oxygens (including phenoxy) is 3. The molecule has 0 aliphatic carbocycles. The molecule has 0 heterocycles. The van der Waals surface area contributed by atoms with Gasteiger partial charge in [0.25, 0.3) is 10.9 Å². The van der Waals surface area contributed by atoms with Gasteiger partial charge in [0, 0.05) is 25.4 Å². The number of carbonyl (C=O) groups excluding carboxylic acids is 1. The first-order valence-corrected chi connectivity index (χ1v) is 9.91. The predicted octanol–water partition coefficient (Wildman–Crippen LogP) is 1.43. The van der Waals surface area contributed by atoms with Crippen LogP contribution >= 0.6 is 0 Å². The van der Waals surface area contributed by atoms with Gasteiger partial charge in [-0.05, 0) is 5.92 Å². The zero-order valence-electron chi connectivity index (χ0n) is 17.5. The molecule has 0 aliphatic rings. The summed E-state index contributed by atoms with van der Waals surface area (Å²) in [4.78, 5) is 34.6. The second-order valence-electron chi connectivity index (χ2n) is 7.32. The summed E-state index contributed by atoms with van der Waals surface area (Å²) in [5.74, 6) is 0.636. The molecule has 0 bridgehead atoms. The van der Waals surface area contributed by atoms with Crippen molar-refractivity contribution in [2.45, 2.75) is 34.1 Å². The SMILES string of the molecule is CC(C)CNc1c(NCCOCCOCCOCCC(=O)C(C)C)c(=O)c1=O. The van der Waals surface area contributed by atoms with Crippen LogP contribution in [0.15, 0.2) is 9.59 Å². The molecule has 0 saturated carbocycles. The molecule has 0 unspecified atom stereocenters. The van der Waals surface area contributed by atoms with Gasteiger partial charge in [0.2, 0.25) is 0 Å². The first-order chi connectivity index (χ1) is 13.3. The van der Waals surface area contributed by atoms with E-state index in [1.165, 1.54) is 0 Å². The summed E-state index contributed by atoms with van der Waals surface area (Å²) in [6, 6.07) is 0. The maximum Gasteiger partial charge on any atom is 0.253 e. The Morgan fingerprint density at radius 1 is 0.786 bits per heavy atom. The lowest BCUT2D eigenvalue weighted by atomic mass is 10.1. The van der Waals surface area contributed by atoms with E-state index in [2.05, 4.69) is 10.6 Å². The Labute approximate surface area is 166 Å². The van der Waals surface area contributed by atoms with Gasteiger partial charge in [-0.1, -0.05) is 27.7 Å². The van der Waals surface area contributed by atoms with Crippen molar-refractivity contribution in [3.8, 4) is 0 Å². The minimum absolute atomic E-state index is 0.0496. The highest BCUT2D eigenvalue weighted by atomic mass is 16.5. The molecule has 1 rings (SSSR count). The van der Waals surface area contributed by atoms with Crippen molar-refractivity contribution >= 4 is 17.2 Å². The van der Waals surface area contributed by atoms with Crippen LogP contribution in [-0.4, -0.2) is 58.5 Å². The van der Waals surface area contributed by atoms with Gasteiger partial charge in [-0.15, -0.1) is 0 Å². The van der Waals surface area contributed by atoms with Crippen LogP contribution in [0.25, 0.3) is 0 Å². The number of ketones is 1. The van der Waals surface area contributed by atoms with E-state index in [0.29, 0.717) is 76.4 Å². The van der Waals surface area contributed by atoms with Crippen LogP contribution in [0.3, 0.4) is 0 Å². The zero-order chi connectivity index (χ0) is 20.9. The van der Waals surface area contributed by atoms with Gasteiger partial charge in [-0.25, -0.2) is 0 Å². The highest BCUT2D eigenvalue weighted by molar-refractivity contribution is 5.80. The second kappa shape index (κ2) is 13.4. The largest absolute Gasteiger partial charge is 0.380 e. The standard InChI is InChI=1S/C20H34N2O6/c1-14(2)13-22-18-17(19(24)20(18)25)21-6-8-27-10-12-28-11-9-26-7-5-16(23)15(3)4/h14-15,21-22H,5-13H2,1-4H3. The van der Waals surface area contributed by atoms with E-state index in [4.69, 9.17) is 14.2 Å². The number of hydrogen-bond donors (Lipinski definition) is 2. The minimum atomic E-state index is -0.482. The smallest absolute Gasteiger partial charge is 0.253 e. The first-order valence-electron chi connectivity index (χ1n) is 9.91. The van der Waals surface area contributed by atoms with Gasteiger partial charge in [0.15, 0.2) is 0 Å². The highest BCUT2D eigenvalue weighted by Crippen LogP contribution is 2.14. The predicted molar refractivity (Wildman–Crippen MR) is 110 cm³/mol. The van der Waals surface area contributed by atoms with Gasteiger partial charge in [-0.3, -0.25) is 14.4 Å². The third-order valence-electron chi connectivity index (χ3n) is 4.03. The molecule has 2 N–H and O–H groups in total. The Morgan fingerprint density at radius 3 is 1.82 bits per heavy atom. The first kappa shape index (κ1) is 24.3. The Balaban J connectivity index is 1.99. The van der Waals surface area contributed by atoms with E-state index in [1.54, 1.807) is 0 Å². The molecule has 28 heavy (non-hydrogen) atoms. The normalized spacial score (nSPS) is 11.5. The van der Waals surface area contributed by atoms with Crippen molar-refractivity contribution in [3.63, 3.8) is 0 Å². The highest BCUT2D eigenvalue weighted by Gasteiger charge is 2.20. The number of hydrogen-bond acceptors (Lipinski definition) is 8. The number of Topliss-reactive ketones (excluding diaryl/α,β-unsaturated/α-hetero) is 1. The molecule has 0 aliphatic heterocycles. The molecule has 1 aromatic carbocycles. The summed E-state index contributed by atoms with van der Waals surface area (Å²) in [6.07, 6.45) is 0.438. The Bertz CT molecular complexity index is 649. The second-order valence-corrected chi connectivity index (χ2v) is 7.32. The van der Waals surface area contributed by atoms with Gasteiger partial charge in [-0.2, -0.15) is 0 Å². The average Bonchev–Trinajstić information content (AvgIpc) is 2.66. The fourth-order valence-electron chi connectivity index (χ4n) is 2.29. The van der Waals surface area contributed by atoms with Crippen molar-refractivity contribution < 1.29 is 19.0 Å². The quantitative estimate of drug-likeness (QED) is 0.300. The van der Waals surface area contributed by atoms with Crippen molar-refractivity contribution in [2.75, 3.05) is 63.4 Å². The molecule has 0 amide bonds. The lowest BCUT2D eigenvalue weighted by molar-refractivity contribution is -0.123. The van der Waals surface area contributed by atoms with E-state index >= 15 is 0 Å². The zero-order valence-corrected chi connectivity index (χ0v) is 17.5. The van der Waals surface area contributed by atoms with E-state index in [-0.39, 0.29) is 11.7 Å². The van der Waals surface area contributed by atoms with Crippen LogP contribution < -0.4 is 21.5 Å². The molecule has 0 fully saturated rings. The Hall–Kier alpha value is -1.77. The number of rotatable bonds is 17. The maximum absolute atomic E-state index is 11.6. The topological polar surface area (TPSA) is 103 Å². The van der Waals surface area contributed by atoms with E-state index in [0.717, 1.165) is 0 Å². The summed E-state index contributed by atoms with van der Waals surface area (Å²) in [5, 5.41) is 5.95. The molecular weight excluding hydrogens is 364 g/mol. The van der Waals surface area contributed by atoms with Gasteiger partial charge < -0.3 is 24.8 Å². The summed E-state index contributed by atoms with van der Waals surface area (Å²) in [6.45, 7) is 11.5. The molecule has 0 saturated heterocycles. The van der Waals surface area contributed by atoms with Crippen LogP contribution in [-0.2, 0) is 19.0 Å². The average molecular weight is 399 g/mol. The molecule has 0 aromatic heterocycles. The fourth-order valence-corrected chi connectivity index (χ4v) is 2.29. The molecule has 8 heteroatoms. The summed E-state index contributed by atoms with van der Waals surface area (Å²) in [5.41, 5.74) is -0.228. The van der Waals surface area contributed by atoms with E-state index < -0.39 is 10.9 Å². The summed E-state index contributed by atoms with van der Waals surface area (Å²) in [7, 11) is 0. The third kappa shape index (κ3) is 8.95. The lowest BCUT2D eigenvalue weighted by Crippen LogP contribution is -2.38. The van der Waals surface area contributed by atoms with E-state index in [9.17, 15) is 14.4 Å². The molecule has 8 nitrogen and oxygen atoms in total. The van der Waals surface area contributed by atoms with Crippen LogP contribution in [0, 0.1) is 11.8 Å². The fraction of sp³-hybridized carbons (Fsp3) is 0.750. The van der Waals surface area contributed by atoms with Crippen molar-refractivity contribution in [1.29, 1.82) is 0 Å². The van der Waals surface area contributed by atoms with E-state index in [1.807, 2.05) is 27.7 Å². The van der Waals surface area contributed by atoms with Crippen LogP contribution in [0.2, 0.25) is 0 Å². The molecule has 1 aromatic rings. The molecular formula is C20H34N2O6. The number of anilines is 2. The number of carbonyl (C=O) groups is 1. The Morgan fingerprint density at radius 2 is 1.29 bits per heavy atom. The van der Waals surface area contributed by atoms with Gasteiger partial charge in [0.1, 0.15) is 17.2 Å².